The SMILES string of the molecule is COC(=O)CCC1=C(CC(=O)OC)C(C)(Cc2[nH]c(C(=O)O)c(CCC(=O)OC)c2CC(=O)OC)N=C1OC. The van der Waals surface area contributed by atoms with Gasteiger partial charge in [-0.05, 0) is 36.5 Å². The van der Waals surface area contributed by atoms with E-state index >= 15 is 0 Å². The van der Waals surface area contributed by atoms with Crippen LogP contribution in [0.4, 0.5) is 0 Å². The standard InChI is InChI=1S/C26H34N2O11/c1-26(17(12-22(32)38-5)15(24(28-26)39-6)8-10-20(30)36-3)13-18-16(11-21(31)37-4)14(7-9-19(29)35-2)23(27-18)25(33)34/h27H,7-13H2,1-6H3,(H,33,34). The van der Waals surface area contributed by atoms with E-state index in [1.165, 1.54) is 35.5 Å². The van der Waals surface area contributed by atoms with Gasteiger partial charge in [-0.3, -0.25) is 19.2 Å². The predicted octanol–water partition coefficient (Wildman–Crippen LogP) is 1.71. The minimum absolute atomic E-state index is 0.00429. The highest BCUT2D eigenvalue weighted by Gasteiger charge is 2.41. The average Bonchev–Trinajstić information content (AvgIpc) is 3.38. The highest BCUT2D eigenvalue weighted by Crippen LogP contribution is 2.40. The van der Waals surface area contributed by atoms with Crippen molar-refractivity contribution in [2.45, 2.75) is 57.4 Å². The van der Waals surface area contributed by atoms with Gasteiger partial charge in [-0.15, -0.1) is 0 Å². The number of rotatable bonds is 13. The number of nitrogens with one attached hydrogen (secondary N) is 1. The average molecular weight is 551 g/mol. The first-order chi connectivity index (χ1) is 18.4. The van der Waals surface area contributed by atoms with Gasteiger partial charge in [0.15, 0.2) is 0 Å². The molecule has 0 spiro atoms. The van der Waals surface area contributed by atoms with Gasteiger partial charge in [-0.1, -0.05) is 0 Å². The summed E-state index contributed by atoms with van der Waals surface area (Å²) in [7, 11) is 6.34. The Hall–Kier alpha value is -4.16. The molecule has 1 aromatic rings. The van der Waals surface area contributed by atoms with Crippen LogP contribution in [0.3, 0.4) is 0 Å². The maximum atomic E-state index is 12.4. The molecule has 13 nitrogen and oxygen atoms in total. The molecular formula is C26H34N2O11. The van der Waals surface area contributed by atoms with E-state index in [4.69, 9.17) is 23.9 Å². The first kappa shape index (κ1) is 31.1. The molecule has 0 saturated carbocycles. The van der Waals surface area contributed by atoms with Crippen LogP contribution < -0.4 is 0 Å². The highest BCUT2D eigenvalue weighted by atomic mass is 16.5. The Labute approximate surface area is 225 Å². The molecule has 0 amide bonds. The number of aliphatic imine (C=N–C) groups is 1. The van der Waals surface area contributed by atoms with E-state index in [0.29, 0.717) is 22.4 Å². The van der Waals surface area contributed by atoms with E-state index in [9.17, 15) is 29.1 Å². The molecule has 2 rings (SSSR count). The molecule has 1 aliphatic rings. The van der Waals surface area contributed by atoms with Gasteiger partial charge >= 0.3 is 29.8 Å². The van der Waals surface area contributed by atoms with E-state index in [1.54, 1.807) is 6.92 Å². The van der Waals surface area contributed by atoms with Crippen LogP contribution >= 0.6 is 0 Å². The number of aromatic carboxylic acids is 1. The number of aromatic amines is 1. The number of nitrogens with zero attached hydrogens (tertiary/aromatic N) is 1. The third-order valence-electron chi connectivity index (χ3n) is 6.57. The summed E-state index contributed by atoms with van der Waals surface area (Å²) in [6.45, 7) is 1.73. The van der Waals surface area contributed by atoms with Crippen molar-refractivity contribution in [3.8, 4) is 0 Å². The lowest BCUT2D eigenvalue weighted by Gasteiger charge is -2.25. The van der Waals surface area contributed by atoms with E-state index in [0.717, 1.165) is 0 Å². The third kappa shape index (κ3) is 7.45. The van der Waals surface area contributed by atoms with Crippen LogP contribution in [0.25, 0.3) is 0 Å². The number of carbonyl (C=O) groups is 5. The number of carboxylic acids is 1. The second kappa shape index (κ2) is 13.6. The quantitative estimate of drug-likeness (QED) is 0.270. The molecule has 1 atom stereocenters. The topological polar surface area (TPSA) is 180 Å². The molecule has 13 heteroatoms. The summed E-state index contributed by atoms with van der Waals surface area (Å²) < 4.78 is 24.6. The zero-order valence-electron chi connectivity index (χ0n) is 22.9. The fourth-order valence-electron chi connectivity index (χ4n) is 4.58. The number of hydrogen-bond acceptors (Lipinski definition) is 11. The Morgan fingerprint density at radius 2 is 1.33 bits per heavy atom. The van der Waals surface area contributed by atoms with Crippen LogP contribution in [0.5, 0.6) is 0 Å². The lowest BCUT2D eigenvalue weighted by Crippen LogP contribution is -2.29. The van der Waals surface area contributed by atoms with Crippen LogP contribution in [-0.4, -0.2) is 86.9 Å². The maximum absolute atomic E-state index is 12.4. The van der Waals surface area contributed by atoms with Crippen molar-refractivity contribution in [2.75, 3.05) is 35.5 Å². The molecule has 0 fully saturated rings. The molecule has 214 valence electrons. The summed E-state index contributed by atoms with van der Waals surface area (Å²) in [5, 5.41) is 9.89. The van der Waals surface area contributed by atoms with E-state index in [2.05, 4.69) is 9.72 Å². The van der Waals surface area contributed by atoms with Crippen molar-refractivity contribution in [1.29, 1.82) is 0 Å². The summed E-state index contributed by atoms with van der Waals surface area (Å²) in [6.07, 6.45) is -0.356. The summed E-state index contributed by atoms with van der Waals surface area (Å²) in [4.78, 5) is 68.1. The summed E-state index contributed by atoms with van der Waals surface area (Å²) in [6, 6.07) is 0. The van der Waals surface area contributed by atoms with Gasteiger partial charge < -0.3 is 33.8 Å². The van der Waals surface area contributed by atoms with Crippen LogP contribution in [0.1, 0.15) is 59.9 Å². The molecular weight excluding hydrogens is 516 g/mol. The van der Waals surface area contributed by atoms with Crippen LogP contribution in [0.15, 0.2) is 16.1 Å². The second-order valence-corrected chi connectivity index (χ2v) is 8.93. The molecule has 2 N–H and O–H groups in total. The van der Waals surface area contributed by atoms with Crippen molar-refractivity contribution in [3.63, 3.8) is 0 Å². The van der Waals surface area contributed by atoms with Crippen molar-refractivity contribution in [1.82, 2.24) is 4.98 Å². The lowest BCUT2D eigenvalue weighted by molar-refractivity contribution is -0.141. The smallest absolute Gasteiger partial charge is 0.352 e. The summed E-state index contributed by atoms with van der Waals surface area (Å²) in [5.74, 6) is -3.25. The molecule has 0 saturated heterocycles. The van der Waals surface area contributed by atoms with Gasteiger partial charge in [-0.2, -0.15) is 0 Å². The lowest BCUT2D eigenvalue weighted by atomic mass is 9.82. The number of esters is 4. The van der Waals surface area contributed by atoms with Crippen molar-refractivity contribution in [3.05, 3.63) is 33.7 Å². The summed E-state index contributed by atoms with van der Waals surface area (Å²) in [5.41, 5.74) is 0.679. The van der Waals surface area contributed by atoms with Crippen LogP contribution in [0, 0.1) is 0 Å². The van der Waals surface area contributed by atoms with E-state index in [-0.39, 0.29) is 62.1 Å². The Kier molecular flexibility index (Phi) is 10.8. The third-order valence-corrected chi connectivity index (χ3v) is 6.57. The van der Waals surface area contributed by atoms with Gasteiger partial charge in [0.05, 0.1) is 53.9 Å². The zero-order chi connectivity index (χ0) is 29.3. The largest absolute Gasteiger partial charge is 0.481 e. The Balaban J connectivity index is 2.67. The van der Waals surface area contributed by atoms with E-state index < -0.39 is 35.4 Å². The number of H-pyrrole nitrogens is 1. The number of ether oxygens (including phenoxy) is 5. The Morgan fingerprint density at radius 3 is 1.85 bits per heavy atom. The molecule has 39 heavy (non-hydrogen) atoms. The normalized spacial score (nSPS) is 16.4. The van der Waals surface area contributed by atoms with Crippen molar-refractivity contribution in [2.24, 2.45) is 4.99 Å². The highest BCUT2D eigenvalue weighted by molar-refractivity contribution is 5.99. The Bertz CT molecular complexity index is 1190. The first-order valence-electron chi connectivity index (χ1n) is 12.0. The molecule has 1 aromatic heterocycles. The Morgan fingerprint density at radius 1 is 0.795 bits per heavy atom. The van der Waals surface area contributed by atoms with Gasteiger partial charge in [-0.25, -0.2) is 9.79 Å². The molecule has 0 bridgehead atoms. The van der Waals surface area contributed by atoms with Gasteiger partial charge in [0.25, 0.3) is 0 Å². The minimum Gasteiger partial charge on any atom is -0.481 e. The molecule has 0 radical (unpaired) electrons. The van der Waals surface area contributed by atoms with Crippen molar-refractivity contribution < 1.29 is 52.8 Å². The minimum atomic E-state index is -1.28. The molecule has 1 unspecified atom stereocenters. The zero-order valence-corrected chi connectivity index (χ0v) is 22.9. The number of aromatic nitrogens is 1. The molecule has 0 aliphatic carbocycles. The molecule has 0 aromatic carbocycles. The number of carboxylic acid groups (broad SMARTS) is 1. The number of carbonyl (C=O) groups excluding carboxylic acids is 4. The van der Waals surface area contributed by atoms with Gasteiger partial charge in [0, 0.05) is 30.5 Å². The summed E-state index contributed by atoms with van der Waals surface area (Å²) >= 11 is 0. The fraction of sp³-hybridized carbons (Fsp3) is 0.538. The first-order valence-corrected chi connectivity index (χ1v) is 12.0. The molecule has 1 aliphatic heterocycles. The van der Waals surface area contributed by atoms with Crippen molar-refractivity contribution >= 4 is 35.7 Å². The monoisotopic (exact) mass is 550 g/mol. The fourth-order valence-corrected chi connectivity index (χ4v) is 4.58. The predicted molar refractivity (Wildman–Crippen MR) is 135 cm³/mol. The molecule has 2 heterocycles. The van der Waals surface area contributed by atoms with Crippen LogP contribution in [-0.2, 0) is 62.1 Å². The van der Waals surface area contributed by atoms with E-state index in [1.807, 2.05) is 0 Å². The second-order valence-electron chi connectivity index (χ2n) is 8.93. The van der Waals surface area contributed by atoms with Crippen LogP contribution in [0.2, 0.25) is 0 Å². The van der Waals surface area contributed by atoms with Gasteiger partial charge in [0.2, 0.25) is 5.90 Å². The number of hydrogen-bond donors (Lipinski definition) is 2. The van der Waals surface area contributed by atoms with Gasteiger partial charge in [0.1, 0.15) is 5.69 Å². The maximum Gasteiger partial charge on any atom is 0.352 e. The number of methoxy groups -OCH3 is 5.